The van der Waals surface area contributed by atoms with Gasteiger partial charge in [0.2, 0.25) is 0 Å². The van der Waals surface area contributed by atoms with Crippen molar-refractivity contribution in [2.24, 2.45) is 0 Å². The van der Waals surface area contributed by atoms with Gasteiger partial charge in [0, 0.05) is 0 Å². The van der Waals surface area contributed by atoms with Crippen LogP contribution in [0, 0.1) is 0 Å². The van der Waals surface area contributed by atoms with Crippen molar-refractivity contribution in [3.8, 4) is 5.75 Å². The van der Waals surface area contributed by atoms with Crippen molar-refractivity contribution in [3.05, 3.63) is 41.1 Å². The van der Waals surface area contributed by atoms with Crippen LogP contribution in [-0.2, 0) is 14.3 Å². The first kappa shape index (κ1) is 16.8. The van der Waals surface area contributed by atoms with E-state index in [-0.39, 0.29) is 31.6 Å². The van der Waals surface area contributed by atoms with Crippen LogP contribution >= 0.6 is 0 Å². The lowest BCUT2D eigenvalue weighted by Crippen LogP contribution is -2.44. The quantitative estimate of drug-likeness (QED) is 0.766. The van der Waals surface area contributed by atoms with Crippen molar-refractivity contribution >= 4 is 17.9 Å². The summed E-state index contributed by atoms with van der Waals surface area (Å²) in [5, 5.41) is 5.42. The van der Waals surface area contributed by atoms with Gasteiger partial charge in [-0.05, 0) is 24.6 Å². The Balaban J connectivity index is 1.85. The molecule has 2 aliphatic heterocycles. The second kappa shape index (κ2) is 6.84. The van der Waals surface area contributed by atoms with Gasteiger partial charge in [-0.3, -0.25) is 9.59 Å². The molecule has 3 amide bonds. The highest BCUT2D eigenvalue weighted by Gasteiger charge is 2.41. The summed E-state index contributed by atoms with van der Waals surface area (Å²) in [5.41, 5.74) is 1.71. The summed E-state index contributed by atoms with van der Waals surface area (Å²) in [6, 6.07) is 6.15. The lowest BCUT2D eigenvalue weighted by atomic mass is 9.96. The van der Waals surface area contributed by atoms with E-state index in [1.807, 2.05) is 0 Å². The first-order chi connectivity index (χ1) is 12.0. The van der Waals surface area contributed by atoms with Crippen LogP contribution in [0.15, 0.2) is 35.5 Å². The molecule has 0 unspecified atom stereocenters. The Bertz CT molecular complexity index is 741. The highest BCUT2D eigenvalue weighted by molar-refractivity contribution is 6.02. The van der Waals surface area contributed by atoms with Crippen molar-refractivity contribution < 1.29 is 23.9 Å². The SMILES string of the molecule is CCOC(=O)CN1CC2=C(C1=O)[C@@H](c1ccc(OC)cc1)NC(=O)N2. The smallest absolute Gasteiger partial charge is 0.325 e. The van der Waals surface area contributed by atoms with E-state index in [1.54, 1.807) is 38.3 Å². The predicted octanol–water partition coefficient (Wildman–Crippen LogP) is 0.709. The van der Waals surface area contributed by atoms with Gasteiger partial charge in [-0.15, -0.1) is 0 Å². The monoisotopic (exact) mass is 345 g/mol. The molecule has 0 saturated carbocycles. The summed E-state index contributed by atoms with van der Waals surface area (Å²) in [6.07, 6.45) is 0. The average molecular weight is 345 g/mol. The fourth-order valence-corrected chi connectivity index (χ4v) is 2.96. The van der Waals surface area contributed by atoms with Gasteiger partial charge in [0.1, 0.15) is 12.3 Å². The van der Waals surface area contributed by atoms with Crippen LogP contribution in [0.2, 0.25) is 0 Å². The molecule has 2 N–H and O–H groups in total. The van der Waals surface area contributed by atoms with Crippen LogP contribution in [0.4, 0.5) is 4.79 Å². The molecule has 0 radical (unpaired) electrons. The van der Waals surface area contributed by atoms with Crippen LogP contribution in [0.1, 0.15) is 18.5 Å². The van der Waals surface area contributed by atoms with E-state index in [4.69, 9.17) is 9.47 Å². The Morgan fingerprint density at radius 2 is 2.00 bits per heavy atom. The maximum Gasteiger partial charge on any atom is 0.325 e. The molecule has 0 aliphatic carbocycles. The third-order valence-electron chi connectivity index (χ3n) is 4.09. The van der Waals surface area contributed by atoms with E-state index in [0.29, 0.717) is 17.0 Å². The zero-order valence-electron chi connectivity index (χ0n) is 14.0. The molecule has 132 valence electrons. The van der Waals surface area contributed by atoms with Gasteiger partial charge >= 0.3 is 12.0 Å². The van der Waals surface area contributed by atoms with Crippen LogP contribution < -0.4 is 15.4 Å². The highest BCUT2D eigenvalue weighted by atomic mass is 16.5. The van der Waals surface area contributed by atoms with E-state index in [2.05, 4.69) is 10.6 Å². The summed E-state index contributed by atoms with van der Waals surface area (Å²) >= 11 is 0. The van der Waals surface area contributed by atoms with Gasteiger partial charge < -0.3 is 25.0 Å². The molecule has 3 rings (SSSR count). The van der Waals surface area contributed by atoms with Gasteiger partial charge in [-0.25, -0.2) is 4.79 Å². The molecule has 2 aliphatic rings. The number of hydrogen-bond donors (Lipinski definition) is 2. The zero-order chi connectivity index (χ0) is 18.0. The Hall–Kier alpha value is -3.03. The third kappa shape index (κ3) is 3.28. The number of carbonyl (C=O) groups excluding carboxylic acids is 3. The Labute approximate surface area is 144 Å². The van der Waals surface area contributed by atoms with Gasteiger partial charge in [-0.2, -0.15) is 0 Å². The number of urea groups is 1. The molecule has 25 heavy (non-hydrogen) atoms. The van der Waals surface area contributed by atoms with Gasteiger partial charge in [0.05, 0.1) is 37.6 Å². The molecule has 1 aromatic carbocycles. The topological polar surface area (TPSA) is 97.0 Å². The summed E-state index contributed by atoms with van der Waals surface area (Å²) in [4.78, 5) is 37.7. The van der Waals surface area contributed by atoms with Crippen LogP contribution in [0.3, 0.4) is 0 Å². The molecule has 0 spiro atoms. The van der Waals surface area contributed by atoms with Crippen molar-refractivity contribution in [2.45, 2.75) is 13.0 Å². The van der Waals surface area contributed by atoms with Gasteiger partial charge in [-0.1, -0.05) is 12.1 Å². The number of ether oxygens (including phenoxy) is 2. The number of nitrogens with zero attached hydrogens (tertiary/aromatic N) is 1. The van der Waals surface area contributed by atoms with Crippen molar-refractivity contribution in [2.75, 3.05) is 26.8 Å². The van der Waals surface area contributed by atoms with Gasteiger partial charge in [0.15, 0.2) is 0 Å². The zero-order valence-corrected chi connectivity index (χ0v) is 14.0. The van der Waals surface area contributed by atoms with Crippen molar-refractivity contribution in [1.82, 2.24) is 15.5 Å². The minimum atomic E-state index is -0.575. The average Bonchev–Trinajstić information content (AvgIpc) is 2.90. The maximum absolute atomic E-state index is 12.7. The number of nitrogens with one attached hydrogen (secondary N) is 2. The maximum atomic E-state index is 12.7. The van der Waals surface area contributed by atoms with Crippen molar-refractivity contribution in [1.29, 1.82) is 0 Å². The Morgan fingerprint density at radius 3 is 2.64 bits per heavy atom. The molecule has 8 heteroatoms. The minimum absolute atomic E-state index is 0.148. The standard InChI is InChI=1S/C17H19N3O5/c1-3-25-13(21)9-20-8-12-14(16(20)22)15(19-17(23)18-12)10-4-6-11(24-2)7-5-10/h4-7,15H,3,8-9H2,1-2H3,(H2,18,19,23)/t15-/m1/s1. The number of amides is 3. The summed E-state index contributed by atoms with van der Waals surface area (Å²) in [5.74, 6) is -0.0905. The van der Waals surface area contributed by atoms with Crippen molar-refractivity contribution in [3.63, 3.8) is 0 Å². The third-order valence-corrected chi connectivity index (χ3v) is 4.09. The Morgan fingerprint density at radius 1 is 1.28 bits per heavy atom. The molecular formula is C17H19N3O5. The predicted molar refractivity (Wildman–Crippen MR) is 87.6 cm³/mol. The molecule has 0 fully saturated rings. The number of rotatable bonds is 5. The molecule has 8 nitrogen and oxygen atoms in total. The number of esters is 1. The fraction of sp³-hybridized carbons (Fsp3) is 0.353. The Kier molecular flexibility index (Phi) is 4.60. The van der Waals surface area contributed by atoms with Crippen LogP contribution in [0.5, 0.6) is 5.75 Å². The second-order valence-corrected chi connectivity index (χ2v) is 5.66. The number of hydrogen-bond acceptors (Lipinski definition) is 5. The number of carbonyl (C=O) groups is 3. The molecule has 0 aromatic heterocycles. The van der Waals surface area contributed by atoms with Gasteiger partial charge in [0.25, 0.3) is 5.91 Å². The summed E-state index contributed by atoms with van der Waals surface area (Å²) in [6.45, 7) is 1.98. The summed E-state index contributed by atoms with van der Waals surface area (Å²) in [7, 11) is 1.57. The molecule has 2 heterocycles. The largest absolute Gasteiger partial charge is 0.497 e. The normalized spacial score (nSPS) is 19.3. The molecular weight excluding hydrogens is 326 g/mol. The van der Waals surface area contributed by atoms with E-state index in [1.165, 1.54) is 4.90 Å². The van der Waals surface area contributed by atoms with Crippen LogP contribution in [0.25, 0.3) is 0 Å². The summed E-state index contributed by atoms with van der Waals surface area (Å²) < 4.78 is 10.0. The molecule has 0 saturated heterocycles. The van der Waals surface area contributed by atoms with E-state index in [9.17, 15) is 14.4 Å². The first-order valence-corrected chi connectivity index (χ1v) is 7.93. The molecule has 0 bridgehead atoms. The number of benzene rings is 1. The first-order valence-electron chi connectivity index (χ1n) is 7.93. The fourth-order valence-electron chi connectivity index (χ4n) is 2.96. The highest BCUT2D eigenvalue weighted by Crippen LogP contribution is 2.33. The lowest BCUT2D eigenvalue weighted by Gasteiger charge is -2.25. The molecule has 1 atom stereocenters. The second-order valence-electron chi connectivity index (χ2n) is 5.66. The van der Waals surface area contributed by atoms with Crippen LogP contribution in [-0.4, -0.2) is 49.6 Å². The number of methoxy groups -OCH3 is 1. The van der Waals surface area contributed by atoms with E-state index in [0.717, 1.165) is 5.56 Å². The lowest BCUT2D eigenvalue weighted by molar-refractivity contribution is -0.147. The minimum Gasteiger partial charge on any atom is -0.497 e. The molecule has 1 aromatic rings. The van der Waals surface area contributed by atoms with E-state index < -0.39 is 12.0 Å². The van der Waals surface area contributed by atoms with E-state index >= 15 is 0 Å².